The zero-order valence-corrected chi connectivity index (χ0v) is 10.2. The summed E-state index contributed by atoms with van der Waals surface area (Å²) in [5, 5.41) is 11.8. The van der Waals surface area contributed by atoms with Gasteiger partial charge < -0.3 is 10.4 Å². The zero-order chi connectivity index (χ0) is 12.3. The fourth-order valence-corrected chi connectivity index (χ4v) is 2.10. The van der Waals surface area contributed by atoms with Crippen LogP contribution in [0.3, 0.4) is 0 Å². The first kappa shape index (κ1) is 13.0. The van der Waals surface area contributed by atoms with Crippen LogP contribution in [0.2, 0.25) is 0 Å². The molecule has 92 valence electrons. The van der Waals surface area contributed by atoms with Gasteiger partial charge in [0.2, 0.25) is 5.91 Å². The van der Waals surface area contributed by atoms with Gasteiger partial charge in [-0.2, -0.15) is 0 Å². The van der Waals surface area contributed by atoms with Crippen molar-refractivity contribution in [3.8, 4) is 0 Å². The van der Waals surface area contributed by atoms with Crippen molar-refractivity contribution < 1.29 is 14.7 Å². The van der Waals surface area contributed by atoms with E-state index in [0.29, 0.717) is 19.3 Å². The van der Waals surface area contributed by atoms with Gasteiger partial charge in [-0.3, -0.25) is 9.59 Å². The Balaban J connectivity index is 2.34. The fraction of sp³-hybridized carbons (Fsp3) is 0.833. The predicted molar refractivity (Wildman–Crippen MR) is 61.0 cm³/mol. The topological polar surface area (TPSA) is 66.4 Å². The first-order valence-electron chi connectivity index (χ1n) is 5.80. The minimum Gasteiger partial charge on any atom is -0.481 e. The lowest BCUT2D eigenvalue weighted by Gasteiger charge is -2.19. The number of carboxylic acids is 1. The molecule has 1 fully saturated rings. The van der Waals surface area contributed by atoms with Crippen molar-refractivity contribution >= 4 is 11.9 Å². The Morgan fingerprint density at radius 1 is 1.31 bits per heavy atom. The number of hydrogen-bond donors (Lipinski definition) is 2. The molecule has 4 heteroatoms. The molecule has 1 amide bonds. The van der Waals surface area contributed by atoms with Gasteiger partial charge in [-0.05, 0) is 24.7 Å². The Morgan fingerprint density at radius 2 is 1.94 bits per heavy atom. The smallest absolute Gasteiger partial charge is 0.306 e. The van der Waals surface area contributed by atoms with Crippen molar-refractivity contribution in [2.24, 2.45) is 11.3 Å². The van der Waals surface area contributed by atoms with Crippen LogP contribution < -0.4 is 5.32 Å². The second-order valence-electron chi connectivity index (χ2n) is 5.85. The quantitative estimate of drug-likeness (QED) is 0.772. The summed E-state index contributed by atoms with van der Waals surface area (Å²) in [4.78, 5) is 22.4. The molecular weight excluding hydrogens is 206 g/mol. The van der Waals surface area contributed by atoms with Gasteiger partial charge in [-0.25, -0.2) is 0 Å². The molecule has 0 aromatic rings. The summed E-state index contributed by atoms with van der Waals surface area (Å²) < 4.78 is 0. The molecule has 1 saturated carbocycles. The molecule has 1 rings (SSSR count). The van der Waals surface area contributed by atoms with Crippen LogP contribution in [0.5, 0.6) is 0 Å². The van der Waals surface area contributed by atoms with Gasteiger partial charge >= 0.3 is 5.97 Å². The molecule has 0 saturated heterocycles. The van der Waals surface area contributed by atoms with Gasteiger partial charge in [-0.15, -0.1) is 0 Å². The second kappa shape index (κ2) is 4.85. The number of hydrogen-bond acceptors (Lipinski definition) is 2. The summed E-state index contributed by atoms with van der Waals surface area (Å²) in [6.07, 6.45) is 2.52. The van der Waals surface area contributed by atoms with Crippen LogP contribution in [-0.4, -0.2) is 23.0 Å². The number of nitrogens with one attached hydrogen (secondary N) is 1. The van der Waals surface area contributed by atoms with E-state index in [1.807, 2.05) is 20.8 Å². The second-order valence-corrected chi connectivity index (χ2v) is 5.85. The highest BCUT2D eigenvalue weighted by atomic mass is 16.4. The summed E-state index contributed by atoms with van der Waals surface area (Å²) in [6.45, 7) is 6.05. The normalized spacial score (nSPS) is 25.4. The monoisotopic (exact) mass is 227 g/mol. The summed E-state index contributed by atoms with van der Waals surface area (Å²) in [5.74, 6) is -0.990. The van der Waals surface area contributed by atoms with Gasteiger partial charge in [0.05, 0.1) is 5.92 Å². The standard InChI is InChI=1S/C12H21NO3/c1-12(2,3)7-10(14)13-9-5-4-8(6-9)11(15)16/h8-9H,4-7H2,1-3H3,(H,13,14)(H,15,16)/t8-,9-/m1/s1. The van der Waals surface area contributed by atoms with Crippen molar-refractivity contribution in [2.45, 2.75) is 52.5 Å². The van der Waals surface area contributed by atoms with Gasteiger partial charge in [-0.1, -0.05) is 20.8 Å². The predicted octanol–water partition coefficient (Wildman–Crippen LogP) is 1.79. The fourth-order valence-electron chi connectivity index (χ4n) is 2.10. The third kappa shape index (κ3) is 4.21. The maximum Gasteiger partial charge on any atom is 0.306 e. The molecule has 4 nitrogen and oxygen atoms in total. The Hall–Kier alpha value is -1.06. The molecule has 0 heterocycles. The van der Waals surface area contributed by atoms with Crippen molar-refractivity contribution in [1.29, 1.82) is 0 Å². The van der Waals surface area contributed by atoms with Crippen LogP contribution in [0, 0.1) is 11.3 Å². The first-order chi connectivity index (χ1) is 7.28. The van der Waals surface area contributed by atoms with Crippen LogP contribution in [0.4, 0.5) is 0 Å². The molecule has 0 spiro atoms. The Kier molecular flexibility index (Phi) is 3.94. The van der Waals surface area contributed by atoms with E-state index < -0.39 is 5.97 Å². The summed E-state index contributed by atoms with van der Waals surface area (Å²) in [7, 11) is 0. The molecular formula is C12H21NO3. The minimum atomic E-state index is -0.743. The lowest BCUT2D eigenvalue weighted by molar-refractivity contribution is -0.141. The number of amides is 1. The molecule has 0 bridgehead atoms. The summed E-state index contributed by atoms with van der Waals surface area (Å²) >= 11 is 0. The number of aliphatic carboxylic acids is 1. The Bertz CT molecular complexity index is 280. The van der Waals surface area contributed by atoms with Gasteiger partial charge in [0.25, 0.3) is 0 Å². The summed E-state index contributed by atoms with van der Waals surface area (Å²) in [5.41, 5.74) is -0.0190. The van der Waals surface area contributed by atoms with E-state index in [1.54, 1.807) is 0 Å². The number of carbonyl (C=O) groups is 2. The Morgan fingerprint density at radius 3 is 2.38 bits per heavy atom. The molecule has 0 aromatic carbocycles. The maximum atomic E-state index is 11.6. The van der Waals surface area contributed by atoms with Crippen LogP contribution in [0.15, 0.2) is 0 Å². The van der Waals surface area contributed by atoms with E-state index in [9.17, 15) is 9.59 Å². The SMILES string of the molecule is CC(C)(C)CC(=O)N[C@@H]1CC[C@@H](C(=O)O)C1. The molecule has 0 aliphatic heterocycles. The van der Waals surface area contributed by atoms with E-state index in [2.05, 4.69) is 5.32 Å². The molecule has 16 heavy (non-hydrogen) atoms. The van der Waals surface area contributed by atoms with E-state index in [4.69, 9.17) is 5.11 Å². The first-order valence-corrected chi connectivity index (χ1v) is 5.80. The molecule has 1 aliphatic carbocycles. The molecule has 0 aromatic heterocycles. The molecule has 0 radical (unpaired) electrons. The largest absolute Gasteiger partial charge is 0.481 e. The van der Waals surface area contributed by atoms with E-state index in [0.717, 1.165) is 6.42 Å². The minimum absolute atomic E-state index is 0.0190. The number of carbonyl (C=O) groups excluding carboxylic acids is 1. The van der Waals surface area contributed by atoms with Gasteiger partial charge in [0.1, 0.15) is 0 Å². The van der Waals surface area contributed by atoms with Crippen LogP contribution >= 0.6 is 0 Å². The number of rotatable bonds is 3. The number of carboxylic acid groups (broad SMARTS) is 1. The van der Waals surface area contributed by atoms with E-state index in [1.165, 1.54) is 0 Å². The third-order valence-corrected chi connectivity index (χ3v) is 2.84. The highest BCUT2D eigenvalue weighted by Crippen LogP contribution is 2.26. The van der Waals surface area contributed by atoms with Gasteiger partial charge in [0.15, 0.2) is 0 Å². The van der Waals surface area contributed by atoms with Crippen molar-refractivity contribution in [1.82, 2.24) is 5.32 Å². The van der Waals surface area contributed by atoms with Crippen LogP contribution in [0.1, 0.15) is 46.5 Å². The average Bonchev–Trinajstić information content (AvgIpc) is 2.48. The molecule has 1 aliphatic rings. The highest BCUT2D eigenvalue weighted by Gasteiger charge is 2.30. The van der Waals surface area contributed by atoms with Crippen LogP contribution in [0.25, 0.3) is 0 Å². The lowest BCUT2D eigenvalue weighted by atomic mass is 9.92. The van der Waals surface area contributed by atoms with Crippen molar-refractivity contribution in [2.75, 3.05) is 0 Å². The molecule has 0 unspecified atom stereocenters. The zero-order valence-electron chi connectivity index (χ0n) is 10.2. The van der Waals surface area contributed by atoms with Crippen molar-refractivity contribution in [3.63, 3.8) is 0 Å². The highest BCUT2D eigenvalue weighted by molar-refractivity contribution is 5.77. The van der Waals surface area contributed by atoms with E-state index in [-0.39, 0.29) is 23.3 Å². The molecule has 2 N–H and O–H groups in total. The summed E-state index contributed by atoms with van der Waals surface area (Å²) in [6, 6.07) is 0.0518. The van der Waals surface area contributed by atoms with E-state index >= 15 is 0 Å². The maximum absolute atomic E-state index is 11.6. The lowest BCUT2D eigenvalue weighted by Crippen LogP contribution is -2.35. The van der Waals surface area contributed by atoms with Crippen LogP contribution in [-0.2, 0) is 9.59 Å². The Labute approximate surface area is 96.4 Å². The average molecular weight is 227 g/mol. The van der Waals surface area contributed by atoms with Crippen molar-refractivity contribution in [3.05, 3.63) is 0 Å². The third-order valence-electron chi connectivity index (χ3n) is 2.84. The van der Waals surface area contributed by atoms with Gasteiger partial charge in [0, 0.05) is 12.5 Å². The molecule has 2 atom stereocenters.